The smallest absolute Gasteiger partial charge is 0.253 e. The van der Waals surface area contributed by atoms with Crippen molar-refractivity contribution in [1.29, 1.82) is 0 Å². The molecule has 0 aliphatic carbocycles. The van der Waals surface area contributed by atoms with Gasteiger partial charge < -0.3 is 15.4 Å². The van der Waals surface area contributed by atoms with Crippen LogP contribution in [0.15, 0.2) is 0 Å². The number of rotatable bonds is 3. The van der Waals surface area contributed by atoms with Crippen LogP contribution in [0.3, 0.4) is 0 Å². The molecule has 104 valence electrons. The zero-order valence-corrected chi connectivity index (χ0v) is 11.5. The second-order valence-corrected chi connectivity index (χ2v) is 5.78. The van der Waals surface area contributed by atoms with Gasteiger partial charge in [-0.15, -0.1) is 0 Å². The van der Waals surface area contributed by atoms with Crippen molar-refractivity contribution in [2.75, 3.05) is 45.9 Å². The summed E-state index contributed by atoms with van der Waals surface area (Å²) in [4.78, 5) is 16.6. The molecule has 18 heavy (non-hydrogen) atoms. The van der Waals surface area contributed by atoms with Crippen molar-refractivity contribution >= 4 is 5.91 Å². The van der Waals surface area contributed by atoms with E-state index in [1.54, 1.807) is 0 Å². The van der Waals surface area contributed by atoms with Crippen LogP contribution >= 0.6 is 0 Å². The molecular formula is C13H25N3O2. The zero-order chi connectivity index (χ0) is 13.2. The van der Waals surface area contributed by atoms with Crippen LogP contribution in [0.25, 0.3) is 0 Å². The zero-order valence-electron chi connectivity index (χ0n) is 11.5. The van der Waals surface area contributed by atoms with E-state index in [2.05, 4.69) is 18.7 Å². The van der Waals surface area contributed by atoms with Gasteiger partial charge in [-0.1, -0.05) is 13.8 Å². The van der Waals surface area contributed by atoms with Crippen LogP contribution in [0.5, 0.6) is 0 Å². The van der Waals surface area contributed by atoms with Crippen LogP contribution in [-0.2, 0) is 9.53 Å². The van der Waals surface area contributed by atoms with Crippen LogP contribution in [0.4, 0.5) is 0 Å². The highest BCUT2D eigenvalue weighted by molar-refractivity contribution is 5.81. The highest BCUT2D eigenvalue weighted by Crippen LogP contribution is 2.29. The lowest BCUT2D eigenvalue weighted by molar-refractivity contribution is -0.148. The number of amides is 1. The Hall–Kier alpha value is -0.650. The summed E-state index contributed by atoms with van der Waals surface area (Å²) in [5.74, 6) is 0.144. The first-order chi connectivity index (χ1) is 8.58. The molecule has 2 heterocycles. The summed E-state index contributed by atoms with van der Waals surface area (Å²) < 4.78 is 5.62. The molecule has 0 spiro atoms. The predicted octanol–water partition coefficient (Wildman–Crippen LogP) is -0.0956. The number of likely N-dealkylation sites (N-methyl/N-ethyl adjacent to an activating group) is 1. The van der Waals surface area contributed by atoms with E-state index in [-0.39, 0.29) is 17.4 Å². The third kappa shape index (κ3) is 2.84. The molecule has 5 nitrogen and oxygen atoms in total. The van der Waals surface area contributed by atoms with Gasteiger partial charge in [-0.3, -0.25) is 9.69 Å². The Morgan fingerprint density at radius 1 is 1.50 bits per heavy atom. The van der Waals surface area contributed by atoms with Crippen LogP contribution in [0, 0.1) is 5.41 Å². The molecule has 0 aromatic rings. The average molecular weight is 255 g/mol. The lowest BCUT2D eigenvalue weighted by Gasteiger charge is -2.33. The fourth-order valence-electron chi connectivity index (χ4n) is 2.72. The second-order valence-electron chi connectivity index (χ2n) is 5.78. The third-order valence-corrected chi connectivity index (χ3v) is 4.24. The van der Waals surface area contributed by atoms with Crippen molar-refractivity contribution in [3.8, 4) is 0 Å². The van der Waals surface area contributed by atoms with Gasteiger partial charge in [0.15, 0.2) is 0 Å². The maximum atomic E-state index is 12.4. The van der Waals surface area contributed by atoms with Gasteiger partial charge in [0.05, 0.1) is 6.61 Å². The molecule has 1 amide bonds. The summed E-state index contributed by atoms with van der Waals surface area (Å²) in [6.45, 7) is 9.80. The summed E-state index contributed by atoms with van der Waals surface area (Å²) >= 11 is 0. The van der Waals surface area contributed by atoms with Crippen molar-refractivity contribution in [1.82, 2.24) is 9.80 Å². The van der Waals surface area contributed by atoms with Gasteiger partial charge in [0.1, 0.15) is 6.10 Å². The highest BCUT2D eigenvalue weighted by atomic mass is 16.5. The summed E-state index contributed by atoms with van der Waals surface area (Å²) in [5.41, 5.74) is 5.87. The topological polar surface area (TPSA) is 58.8 Å². The predicted molar refractivity (Wildman–Crippen MR) is 70.2 cm³/mol. The van der Waals surface area contributed by atoms with E-state index >= 15 is 0 Å². The van der Waals surface area contributed by atoms with Crippen molar-refractivity contribution in [2.45, 2.75) is 26.4 Å². The van der Waals surface area contributed by atoms with E-state index in [4.69, 9.17) is 10.5 Å². The van der Waals surface area contributed by atoms with Crippen molar-refractivity contribution in [2.24, 2.45) is 11.1 Å². The molecule has 0 radical (unpaired) electrons. The molecule has 2 unspecified atom stereocenters. The molecule has 0 aromatic heterocycles. The maximum Gasteiger partial charge on any atom is 0.253 e. The average Bonchev–Trinajstić information content (AvgIpc) is 2.81. The Bertz CT molecular complexity index is 307. The molecule has 0 bridgehead atoms. The maximum absolute atomic E-state index is 12.4. The summed E-state index contributed by atoms with van der Waals surface area (Å²) in [5, 5.41) is 0. The number of morpholine rings is 1. The molecule has 5 heteroatoms. The van der Waals surface area contributed by atoms with Gasteiger partial charge in [-0.2, -0.15) is 0 Å². The molecule has 2 N–H and O–H groups in total. The van der Waals surface area contributed by atoms with E-state index in [0.29, 0.717) is 13.2 Å². The number of carbonyl (C=O) groups excluding carboxylic acids is 1. The Labute approximate surface area is 109 Å². The molecule has 2 saturated heterocycles. The monoisotopic (exact) mass is 255 g/mol. The van der Waals surface area contributed by atoms with E-state index in [1.807, 2.05) is 4.90 Å². The number of nitrogens with zero attached hydrogens (tertiary/aromatic N) is 2. The summed E-state index contributed by atoms with van der Waals surface area (Å²) in [6, 6.07) is 0. The Balaban J connectivity index is 1.92. The van der Waals surface area contributed by atoms with Crippen LogP contribution in [-0.4, -0.2) is 67.7 Å². The minimum atomic E-state index is -0.279. The number of hydrogen-bond donors (Lipinski definition) is 1. The van der Waals surface area contributed by atoms with Crippen molar-refractivity contribution < 1.29 is 9.53 Å². The molecule has 2 fully saturated rings. The molecule has 2 atom stereocenters. The first-order valence-corrected chi connectivity index (χ1v) is 6.91. The van der Waals surface area contributed by atoms with Gasteiger partial charge in [0.25, 0.3) is 5.91 Å². The van der Waals surface area contributed by atoms with Crippen molar-refractivity contribution in [3.63, 3.8) is 0 Å². The van der Waals surface area contributed by atoms with E-state index in [9.17, 15) is 4.79 Å². The highest BCUT2D eigenvalue weighted by Gasteiger charge is 2.38. The Morgan fingerprint density at radius 3 is 2.89 bits per heavy atom. The minimum absolute atomic E-state index is 0.0920. The quantitative estimate of drug-likeness (QED) is 0.765. The van der Waals surface area contributed by atoms with Crippen LogP contribution in [0.2, 0.25) is 0 Å². The SMILES string of the molecule is CCN1CCOC(C(=O)N2CCC(C)(CN)C2)C1. The molecule has 2 aliphatic heterocycles. The number of hydrogen-bond acceptors (Lipinski definition) is 4. The largest absolute Gasteiger partial charge is 0.366 e. The normalized spacial score (nSPS) is 33.9. The number of nitrogens with two attached hydrogens (primary N) is 1. The summed E-state index contributed by atoms with van der Waals surface area (Å²) in [7, 11) is 0. The fraction of sp³-hybridized carbons (Fsp3) is 0.923. The Kier molecular flexibility index (Phi) is 4.25. The lowest BCUT2D eigenvalue weighted by atomic mass is 9.90. The van der Waals surface area contributed by atoms with Crippen molar-refractivity contribution in [3.05, 3.63) is 0 Å². The lowest BCUT2D eigenvalue weighted by Crippen LogP contribution is -2.50. The first-order valence-electron chi connectivity index (χ1n) is 6.91. The molecule has 0 aromatic carbocycles. The first kappa shape index (κ1) is 13.8. The van der Waals surface area contributed by atoms with Gasteiger partial charge >= 0.3 is 0 Å². The van der Waals surface area contributed by atoms with Crippen LogP contribution < -0.4 is 5.73 Å². The number of likely N-dealkylation sites (tertiary alicyclic amines) is 1. The summed E-state index contributed by atoms with van der Waals surface area (Å²) in [6.07, 6.45) is 0.721. The van der Waals surface area contributed by atoms with E-state index < -0.39 is 0 Å². The second kappa shape index (κ2) is 5.55. The van der Waals surface area contributed by atoms with Gasteiger partial charge in [-0.05, 0) is 24.9 Å². The number of ether oxygens (including phenoxy) is 1. The van der Waals surface area contributed by atoms with E-state index in [0.717, 1.165) is 39.1 Å². The molecule has 2 rings (SSSR count). The van der Waals surface area contributed by atoms with Gasteiger partial charge in [0, 0.05) is 26.2 Å². The van der Waals surface area contributed by atoms with Gasteiger partial charge in [-0.25, -0.2) is 0 Å². The fourth-order valence-corrected chi connectivity index (χ4v) is 2.72. The van der Waals surface area contributed by atoms with Gasteiger partial charge in [0.2, 0.25) is 0 Å². The Morgan fingerprint density at radius 2 is 2.28 bits per heavy atom. The molecule has 2 aliphatic rings. The third-order valence-electron chi connectivity index (χ3n) is 4.24. The molecule has 0 saturated carbocycles. The van der Waals surface area contributed by atoms with E-state index in [1.165, 1.54) is 0 Å². The minimum Gasteiger partial charge on any atom is -0.366 e. The standard InChI is InChI=1S/C13H25N3O2/c1-3-15-6-7-18-11(8-15)12(17)16-5-4-13(2,9-14)10-16/h11H,3-10,14H2,1-2H3. The number of carbonyl (C=O) groups is 1. The molecular weight excluding hydrogens is 230 g/mol. The van der Waals surface area contributed by atoms with Crippen LogP contribution in [0.1, 0.15) is 20.3 Å².